The Morgan fingerprint density at radius 1 is 1.03 bits per heavy atom. The molecule has 6 nitrogen and oxygen atoms in total. The lowest BCUT2D eigenvalue weighted by Gasteiger charge is -2.13. The molecule has 0 saturated heterocycles. The normalized spacial score (nSPS) is 10.9. The molecule has 152 valence electrons. The highest BCUT2D eigenvalue weighted by Gasteiger charge is 2.15. The Morgan fingerprint density at radius 2 is 1.79 bits per heavy atom. The van der Waals surface area contributed by atoms with E-state index in [0.29, 0.717) is 35.0 Å². The zero-order valence-electron chi connectivity index (χ0n) is 16.4. The molecule has 1 aromatic heterocycles. The van der Waals surface area contributed by atoms with Gasteiger partial charge in [0.1, 0.15) is 6.61 Å². The number of ether oxygens (including phenoxy) is 2. The standard InChI is InChI=1S/C22H24N2O4S/c1-2-3-13-27-14-15-28-20(25)16-29-22-23-19-12-8-7-11-18(19)21(26)24(22)17-9-5-4-6-10-17/h4-12H,2-3,13-16H2,1H3. The maximum atomic E-state index is 13.1. The van der Waals surface area contributed by atoms with E-state index in [-0.39, 0.29) is 23.9 Å². The number of unbranched alkanes of at least 4 members (excludes halogenated alkanes) is 1. The second-order valence-electron chi connectivity index (χ2n) is 6.36. The van der Waals surface area contributed by atoms with Crippen LogP contribution < -0.4 is 5.56 Å². The van der Waals surface area contributed by atoms with Gasteiger partial charge in [-0.25, -0.2) is 4.98 Å². The molecule has 0 unspecified atom stereocenters. The van der Waals surface area contributed by atoms with E-state index < -0.39 is 0 Å². The topological polar surface area (TPSA) is 70.4 Å². The first-order valence-corrected chi connectivity index (χ1v) is 10.6. The Morgan fingerprint density at radius 3 is 2.59 bits per heavy atom. The molecule has 2 aromatic carbocycles. The first kappa shape index (κ1) is 21.1. The van der Waals surface area contributed by atoms with Crippen LogP contribution in [-0.2, 0) is 14.3 Å². The third-order valence-corrected chi connectivity index (χ3v) is 5.12. The first-order valence-electron chi connectivity index (χ1n) is 9.64. The van der Waals surface area contributed by atoms with Gasteiger partial charge in [0.15, 0.2) is 5.16 Å². The maximum absolute atomic E-state index is 13.1. The van der Waals surface area contributed by atoms with Gasteiger partial charge in [-0.1, -0.05) is 55.4 Å². The Kier molecular flexibility index (Phi) is 7.84. The number of hydrogen-bond acceptors (Lipinski definition) is 6. The van der Waals surface area contributed by atoms with Crippen molar-refractivity contribution in [2.45, 2.75) is 24.9 Å². The molecule has 0 saturated carbocycles. The van der Waals surface area contributed by atoms with Gasteiger partial charge in [-0.05, 0) is 30.7 Å². The van der Waals surface area contributed by atoms with Crippen LogP contribution in [0.4, 0.5) is 0 Å². The Hall–Kier alpha value is -2.64. The second kappa shape index (κ2) is 10.8. The lowest BCUT2D eigenvalue weighted by molar-refractivity contribution is -0.141. The monoisotopic (exact) mass is 412 g/mol. The molecule has 3 rings (SSSR count). The molecule has 0 N–H and O–H groups in total. The van der Waals surface area contributed by atoms with Crippen molar-refractivity contribution in [2.75, 3.05) is 25.6 Å². The van der Waals surface area contributed by atoms with E-state index in [4.69, 9.17) is 9.47 Å². The predicted octanol–water partition coefficient (Wildman–Crippen LogP) is 3.84. The van der Waals surface area contributed by atoms with Crippen molar-refractivity contribution < 1.29 is 14.3 Å². The number of fused-ring (bicyclic) bond motifs is 1. The summed E-state index contributed by atoms with van der Waals surface area (Å²) in [5.41, 5.74) is 1.14. The smallest absolute Gasteiger partial charge is 0.316 e. The number of aromatic nitrogens is 2. The van der Waals surface area contributed by atoms with Crippen LogP contribution in [-0.4, -0.2) is 41.1 Å². The van der Waals surface area contributed by atoms with E-state index in [1.165, 1.54) is 16.3 Å². The van der Waals surface area contributed by atoms with Gasteiger partial charge in [0.25, 0.3) is 5.56 Å². The predicted molar refractivity (Wildman–Crippen MR) is 115 cm³/mol. The SMILES string of the molecule is CCCCOCCOC(=O)CSc1nc2ccccc2c(=O)n1-c1ccccc1. The molecule has 0 amide bonds. The number of benzene rings is 2. The number of para-hydroxylation sites is 2. The van der Waals surface area contributed by atoms with E-state index >= 15 is 0 Å². The molecular weight excluding hydrogens is 388 g/mol. The van der Waals surface area contributed by atoms with Gasteiger partial charge in [-0.3, -0.25) is 14.2 Å². The molecule has 7 heteroatoms. The van der Waals surface area contributed by atoms with Crippen LogP contribution >= 0.6 is 11.8 Å². The van der Waals surface area contributed by atoms with Crippen molar-refractivity contribution >= 4 is 28.6 Å². The minimum absolute atomic E-state index is 0.0621. The van der Waals surface area contributed by atoms with Gasteiger partial charge in [-0.2, -0.15) is 0 Å². The zero-order valence-corrected chi connectivity index (χ0v) is 17.2. The fourth-order valence-corrected chi connectivity index (χ4v) is 3.55. The van der Waals surface area contributed by atoms with Crippen molar-refractivity contribution in [1.29, 1.82) is 0 Å². The fourth-order valence-electron chi connectivity index (χ4n) is 2.74. The molecule has 3 aromatic rings. The van der Waals surface area contributed by atoms with Crippen molar-refractivity contribution in [2.24, 2.45) is 0 Å². The van der Waals surface area contributed by atoms with Crippen LogP contribution in [0.2, 0.25) is 0 Å². The van der Waals surface area contributed by atoms with Crippen LogP contribution in [0.25, 0.3) is 16.6 Å². The summed E-state index contributed by atoms with van der Waals surface area (Å²) < 4.78 is 12.1. The van der Waals surface area contributed by atoms with Crippen LogP contribution in [0, 0.1) is 0 Å². The number of hydrogen-bond donors (Lipinski definition) is 0. The molecule has 29 heavy (non-hydrogen) atoms. The number of nitrogens with zero attached hydrogens (tertiary/aromatic N) is 2. The molecule has 1 heterocycles. The van der Waals surface area contributed by atoms with Crippen LogP contribution in [0.3, 0.4) is 0 Å². The molecule has 0 aliphatic heterocycles. The highest BCUT2D eigenvalue weighted by atomic mass is 32.2. The van der Waals surface area contributed by atoms with Crippen molar-refractivity contribution in [3.63, 3.8) is 0 Å². The third-order valence-electron chi connectivity index (χ3n) is 4.21. The van der Waals surface area contributed by atoms with E-state index in [2.05, 4.69) is 11.9 Å². The highest BCUT2D eigenvalue weighted by Crippen LogP contribution is 2.21. The van der Waals surface area contributed by atoms with Crippen LogP contribution in [0.1, 0.15) is 19.8 Å². The molecule has 0 aliphatic carbocycles. The van der Waals surface area contributed by atoms with Gasteiger partial charge in [0.05, 0.1) is 29.0 Å². The maximum Gasteiger partial charge on any atom is 0.316 e. The minimum Gasteiger partial charge on any atom is -0.463 e. The van der Waals surface area contributed by atoms with E-state index in [9.17, 15) is 9.59 Å². The quantitative estimate of drug-likeness (QED) is 0.218. The molecule has 0 fully saturated rings. The fraction of sp³-hybridized carbons (Fsp3) is 0.318. The van der Waals surface area contributed by atoms with E-state index in [1.54, 1.807) is 12.1 Å². The summed E-state index contributed by atoms with van der Waals surface area (Å²) in [5.74, 6) is -0.303. The van der Waals surface area contributed by atoms with Gasteiger partial charge in [0.2, 0.25) is 0 Å². The zero-order chi connectivity index (χ0) is 20.5. The van der Waals surface area contributed by atoms with Crippen LogP contribution in [0.15, 0.2) is 64.5 Å². The Bertz CT molecular complexity index is 1000. The van der Waals surface area contributed by atoms with Crippen molar-refractivity contribution in [3.8, 4) is 5.69 Å². The van der Waals surface area contributed by atoms with Crippen molar-refractivity contribution in [1.82, 2.24) is 9.55 Å². The van der Waals surface area contributed by atoms with Gasteiger partial charge in [-0.15, -0.1) is 0 Å². The number of thioether (sulfide) groups is 1. The summed E-state index contributed by atoms with van der Waals surface area (Å²) in [6, 6.07) is 16.5. The summed E-state index contributed by atoms with van der Waals surface area (Å²) >= 11 is 1.19. The lowest BCUT2D eigenvalue weighted by Crippen LogP contribution is -2.22. The number of carbonyl (C=O) groups excluding carboxylic acids is 1. The molecule has 0 radical (unpaired) electrons. The van der Waals surface area contributed by atoms with Crippen LogP contribution in [0.5, 0.6) is 0 Å². The molecule has 0 atom stereocenters. The summed E-state index contributed by atoms with van der Waals surface area (Å²) in [7, 11) is 0. The third kappa shape index (κ3) is 5.68. The summed E-state index contributed by atoms with van der Waals surface area (Å²) in [6.07, 6.45) is 2.06. The van der Waals surface area contributed by atoms with E-state index in [1.807, 2.05) is 42.5 Å². The largest absolute Gasteiger partial charge is 0.463 e. The Labute approximate surface area is 173 Å². The molecule has 0 bridgehead atoms. The molecular formula is C22H24N2O4S. The van der Waals surface area contributed by atoms with Crippen molar-refractivity contribution in [3.05, 3.63) is 65.0 Å². The first-order chi connectivity index (χ1) is 14.2. The summed E-state index contributed by atoms with van der Waals surface area (Å²) in [4.78, 5) is 29.8. The number of esters is 1. The lowest BCUT2D eigenvalue weighted by atomic mass is 10.2. The average Bonchev–Trinajstić information content (AvgIpc) is 2.75. The van der Waals surface area contributed by atoms with Gasteiger partial charge in [0, 0.05) is 6.61 Å². The number of carbonyl (C=O) groups is 1. The van der Waals surface area contributed by atoms with Gasteiger partial charge >= 0.3 is 5.97 Å². The summed E-state index contributed by atoms with van der Waals surface area (Å²) in [6.45, 7) is 3.38. The molecule has 0 spiro atoms. The second-order valence-corrected chi connectivity index (χ2v) is 7.31. The summed E-state index contributed by atoms with van der Waals surface area (Å²) in [5, 5.41) is 0.989. The van der Waals surface area contributed by atoms with Gasteiger partial charge < -0.3 is 9.47 Å². The number of rotatable bonds is 10. The molecule has 0 aliphatic rings. The van der Waals surface area contributed by atoms with E-state index in [0.717, 1.165) is 12.8 Å². The Balaban J connectivity index is 1.73. The average molecular weight is 413 g/mol. The minimum atomic E-state index is -0.365. The highest BCUT2D eigenvalue weighted by molar-refractivity contribution is 7.99.